The van der Waals surface area contributed by atoms with E-state index in [4.69, 9.17) is 28.6 Å². The number of hydrogen-bond donors (Lipinski definition) is 2. The van der Waals surface area contributed by atoms with E-state index in [1.165, 1.54) is 24.0 Å². The first-order valence-electron chi connectivity index (χ1n) is 9.26. The highest BCUT2D eigenvalue weighted by atomic mass is 35.5. The molecule has 31 heavy (non-hydrogen) atoms. The van der Waals surface area contributed by atoms with Crippen molar-refractivity contribution in [1.29, 1.82) is 0 Å². The largest absolute Gasteiger partial charge is 0.465 e. The molecule has 7 nitrogen and oxygen atoms in total. The number of carbonyl (C=O) groups excluding carboxylic acids is 1. The van der Waals surface area contributed by atoms with Crippen LogP contribution in [0.5, 0.6) is 0 Å². The van der Waals surface area contributed by atoms with E-state index >= 15 is 0 Å². The van der Waals surface area contributed by atoms with E-state index in [-0.39, 0.29) is 0 Å². The number of ether oxygens (including phenoxy) is 1. The van der Waals surface area contributed by atoms with Crippen molar-refractivity contribution in [2.75, 3.05) is 17.7 Å². The Kier molecular flexibility index (Phi) is 6.17. The normalized spacial score (nSPS) is 10.8. The fourth-order valence-electron chi connectivity index (χ4n) is 2.94. The molecule has 0 bridgehead atoms. The van der Waals surface area contributed by atoms with Crippen molar-refractivity contribution in [2.24, 2.45) is 0 Å². The Balaban J connectivity index is 1.41. The Bertz CT molecular complexity index is 1270. The average molecular weight is 472 g/mol. The van der Waals surface area contributed by atoms with Gasteiger partial charge in [-0.25, -0.2) is 14.5 Å². The van der Waals surface area contributed by atoms with Crippen molar-refractivity contribution in [1.82, 2.24) is 14.8 Å². The standard InChI is InChI=1S/C21H18ClN5O2S2/c1-12-3-5-13(6-4-12)10-27-11-23-20(26-27)25-21(30)24-14-7-8-15-16(9-14)31-18(17(15)22)19(28)29-2/h3-9,11H,10H2,1-2H3,(H2,24,25,26,30). The van der Waals surface area contributed by atoms with Gasteiger partial charge in [0.25, 0.3) is 0 Å². The van der Waals surface area contributed by atoms with E-state index in [9.17, 15) is 4.79 Å². The number of fused-ring (bicyclic) bond motifs is 1. The van der Waals surface area contributed by atoms with Gasteiger partial charge >= 0.3 is 5.97 Å². The number of benzene rings is 2. The Morgan fingerprint density at radius 1 is 1.23 bits per heavy atom. The monoisotopic (exact) mass is 471 g/mol. The number of hydrogen-bond acceptors (Lipinski definition) is 6. The van der Waals surface area contributed by atoms with Crippen molar-refractivity contribution in [3.63, 3.8) is 0 Å². The highest BCUT2D eigenvalue weighted by Crippen LogP contribution is 2.37. The van der Waals surface area contributed by atoms with Gasteiger partial charge in [-0.3, -0.25) is 5.32 Å². The number of anilines is 2. The zero-order valence-electron chi connectivity index (χ0n) is 16.7. The summed E-state index contributed by atoms with van der Waals surface area (Å²) < 4.78 is 7.36. The molecule has 2 heterocycles. The molecule has 0 unspecified atom stereocenters. The van der Waals surface area contributed by atoms with E-state index in [0.717, 1.165) is 21.3 Å². The molecule has 4 rings (SSSR count). The molecule has 2 aromatic carbocycles. The first-order chi connectivity index (χ1) is 14.9. The molecule has 0 radical (unpaired) electrons. The third kappa shape index (κ3) is 4.84. The fourth-order valence-corrected chi connectivity index (χ4v) is 4.61. The number of esters is 1. The zero-order valence-corrected chi connectivity index (χ0v) is 19.1. The second-order valence-corrected chi connectivity index (χ2v) is 8.62. The minimum Gasteiger partial charge on any atom is -0.465 e. The van der Waals surface area contributed by atoms with Gasteiger partial charge in [-0.2, -0.15) is 0 Å². The van der Waals surface area contributed by atoms with Gasteiger partial charge in [0, 0.05) is 15.8 Å². The third-order valence-electron chi connectivity index (χ3n) is 4.49. The molecule has 4 aromatic rings. The number of thiocarbonyl (C=S) groups is 1. The summed E-state index contributed by atoms with van der Waals surface area (Å²) in [5.74, 6) is -0.0528. The molecule has 0 aliphatic heterocycles. The maximum atomic E-state index is 11.8. The molecule has 0 amide bonds. The SMILES string of the molecule is COC(=O)c1sc2cc(NC(=S)Nc3ncn(Cc4ccc(C)cc4)n3)ccc2c1Cl. The van der Waals surface area contributed by atoms with Crippen LogP contribution < -0.4 is 10.6 Å². The lowest BCUT2D eigenvalue weighted by molar-refractivity contribution is 0.0606. The maximum Gasteiger partial charge on any atom is 0.349 e. The Hall–Kier alpha value is -3.01. The van der Waals surface area contributed by atoms with Gasteiger partial charge in [-0.05, 0) is 42.9 Å². The summed E-state index contributed by atoms with van der Waals surface area (Å²) in [6.45, 7) is 2.67. The second kappa shape index (κ2) is 9.01. The number of nitrogens with zero attached hydrogens (tertiary/aromatic N) is 3. The van der Waals surface area contributed by atoms with E-state index in [1.54, 1.807) is 11.0 Å². The fraction of sp³-hybridized carbons (Fsp3) is 0.143. The number of aromatic nitrogens is 3. The van der Waals surface area contributed by atoms with Crippen LogP contribution in [0.1, 0.15) is 20.8 Å². The Labute approximate surface area is 193 Å². The van der Waals surface area contributed by atoms with Crippen molar-refractivity contribution in [2.45, 2.75) is 13.5 Å². The highest BCUT2D eigenvalue weighted by Gasteiger charge is 2.18. The van der Waals surface area contributed by atoms with E-state index in [1.807, 2.05) is 18.2 Å². The average Bonchev–Trinajstić information content (AvgIpc) is 3.32. The molecule has 0 aliphatic rings. The topological polar surface area (TPSA) is 81.1 Å². The molecule has 0 aliphatic carbocycles. The van der Waals surface area contributed by atoms with Crippen LogP contribution in [0.25, 0.3) is 10.1 Å². The Morgan fingerprint density at radius 3 is 2.74 bits per heavy atom. The molecule has 0 saturated carbocycles. The molecule has 0 fully saturated rings. The number of halogens is 1. The minimum atomic E-state index is -0.454. The summed E-state index contributed by atoms with van der Waals surface area (Å²) in [5.41, 5.74) is 3.10. The maximum absolute atomic E-state index is 11.8. The third-order valence-corrected chi connectivity index (χ3v) is 6.33. The molecular formula is C21H18ClN5O2S2. The van der Waals surface area contributed by atoms with E-state index < -0.39 is 5.97 Å². The van der Waals surface area contributed by atoms with Crippen LogP contribution in [0.4, 0.5) is 11.6 Å². The zero-order chi connectivity index (χ0) is 22.0. The van der Waals surface area contributed by atoms with Crippen LogP contribution in [0.15, 0.2) is 48.8 Å². The van der Waals surface area contributed by atoms with Gasteiger partial charge in [0.1, 0.15) is 11.2 Å². The van der Waals surface area contributed by atoms with E-state index in [2.05, 4.69) is 51.9 Å². The van der Waals surface area contributed by atoms with Gasteiger partial charge in [0.2, 0.25) is 5.95 Å². The predicted octanol–water partition coefficient (Wildman–Crippen LogP) is 5.10. The molecule has 158 valence electrons. The number of rotatable bonds is 5. The van der Waals surface area contributed by atoms with Gasteiger partial charge in [-0.15, -0.1) is 16.4 Å². The summed E-state index contributed by atoms with van der Waals surface area (Å²) in [6.07, 6.45) is 1.65. The number of thiophene rings is 1. The first kappa shape index (κ1) is 21.2. The number of carbonyl (C=O) groups is 1. The number of aryl methyl sites for hydroxylation is 1. The lowest BCUT2D eigenvalue weighted by atomic mass is 10.1. The molecule has 0 saturated heterocycles. The summed E-state index contributed by atoms with van der Waals surface area (Å²) in [4.78, 5) is 16.5. The molecule has 2 aromatic heterocycles. The van der Waals surface area contributed by atoms with Crippen LogP contribution in [-0.4, -0.2) is 33.0 Å². The summed E-state index contributed by atoms with van der Waals surface area (Å²) in [5, 5.41) is 12.0. The quantitative estimate of drug-likeness (QED) is 0.309. The lowest BCUT2D eigenvalue weighted by Gasteiger charge is -2.08. The van der Waals surface area contributed by atoms with Crippen LogP contribution in [-0.2, 0) is 11.3 Å². The van der Waals surface area contributed by atoms with Gasteiger partial charge in [0.05, 0.1) is 18.7 Å². The Morgan fingerprint density at radius 2 is 2.00 bits per heavy atom. The van der Waals surface area contributed by atoms with Gasteiger partial charge in [0.15, 0.2) is 5.11 Å². The predicted molar refractivity (Wildman–Crippen MR) is 128 cm³/mol. The molecule has 0 atom stereocenters. The first-order valence-corrected chi connectivity index (χ1v) is 10.9. The summed E-state index contributed by atoms with van der Waals surface area (Å²) in [6, 6.07) is 13.8. The second-order valence-electron chi connectivity index (χ2n) is 6.78. The molecule has 10 heteroatoms. The van der Waals surface area contributed by atoms with Crippen LogP contribution >= 0.6 is 35.2 Å². The van der Waals surface area contributed by atoms with Crippen LogP contribution in [0.3, 0.4) is 0 Å². The number of methoxy groups -OCH3 is 1. The molecule has 2 N–H and O–H groups in total. The lowest BCUT2D eigenvalue weighted by Crippen LogP contribution is -2.20. The van der Waals surface area contributed by atoms with Gasteiger partial charge in [-0.1, -0.05) is 41.4 Å². The summed E-state index contributed by atoms with van der Waals surface area (Å²) in [7, 11) is 1.33. The van der Waals surface area contributed by atoms with Crippen molar-refractivity contribution in [3.8, 4) is 0 Å². The number of nitrogens with one attached hydrogen (secondary N) is 2. The smallest absolute Gasteiger partial charge is 0.349 e. The molecular weight excluding hydrogens is 454 g/mol. The molecule has 0 spiro atoms. The van der Waals surface area contributed by atoms with Crippen LogP contribution in [0.2, 0.25) is 5.02 Å². The summed E-state index contributed by atoms with van der Waals surface area (Å²) >= 11 is 12.9. The van der Waals surface area contributed by atoms with Gasteiger partial charge < -0.3 is 10.1 Å². The van der Waals surface area contributed by atoms with E-state index in [0.29, 0.717) is 27.5 Å². The van der Waals surface area contributed by atoms with Crippen molar-refractivity contribution in [3.05, 3.63) is 69.8 Å². The van der Waals surface area contributed by atoms with Crippen LogP contribution in [0, 0.1) is 6.92 Å². The van der Waals surface area contributed by atoms with Crippen molar-refractivity contribution >= 4 is 68.0 Å². The highest BCUT2D eigenvalue weighted by molar-refractivity contribution is 7.80. The minimum absolute atomic E-state index is 0.350. The van der Waals surface area contributed by atoms with Crippen molar-refractivity contribution < 1.29 is 9.53 Å².